The number of nitrogens with one attached hydrogen (secondary N) is 1. The van der Waals surface area contributed by atoms with Gasteiger partial charge in [0.05, 0.1) is 0 Å². The summed E-state index contributed by atoms with van der Waals surface area (Å²) < 4.78 is 0. The Bertz CT molecular complexity index is 261. The normalized spacial score (nSPS) is 26.7. The van der Waals surface area contributed by atoms with Crippen molar-refractivity contribution in [2.45, 2.75) is 65.0 Å². The van der Waals surface area contributed by atoms with Crippen LogP contribution in [-0.2, 0) is 0 Å². The number of likely N-dealkylation sites (tertiary alicyclic amines) is 2. The first-order valence-electron chi connectivity index (χ1n) is 8.85. The molecule has 20 heavy (non-hydrogen) atoms. The molecule has 118 valence electrons. The van der Waals surface area contributed by atoms with Crippen molar-refractivity contribution >= 4 is 0 Å². The first-order valence-corrected chi connectivity index (χ1v) is 8.85. The largest absolute Gasteiger partial charge is 0.316 e. The fourth-order valence-corrected chi connectivity index (χ4v) is 3.67. The Labute approximate surface area is 126 Å². The molecule has 1 N–H and O–H groups in total. The molecule has 0 aromatic carbocycles. The van der Waals surface area contributed by atoms with Crippen molar-refractivity contribution < 1.29 is 0 Å². The molecule has 3 nitrogen and oxygen atoms in total. The molecule has 0 radical (unpaired) electrons. The zero-order valence-electron chi connectivity index (χ0n) is 13.9. The van der Waals surface area contributed by atoms with E-state index in [2.05, 4.69) is 35.9 Å². The fourth-order valence-electron chi connectivity index (χ4n) is 3.67. The van der Waals surface area contributed by atoms with Crippen molar-refractivity contribution in [3.8, 4) is 0 Å². The van der Waals surface area contributed by atoms with Crippen LogP contribution >= 0.6 is 0 Å². The summed E-state index contributed by atoms with van der Waals surface area (Å²) in [5.74, 6) is 0.771. The Morgan fingerprint density at radius 3 is 2.55 bits per heavy atom. The van der Waals surface area contributed by atoms with Crippen LogP contribution in [0.3, 0.4) is 0 Å². The lowest BCUT2D eigenvalue weighted by Gasteiger charge is -2.27. The van der Waals surface area contributed by atoms with E-state index in [1.54, 1.807) is 0 Å². The number of hydrogen-bond acceptors (Lipinski definition) is 3. The van der Waals surface area contributed by atoms with E-state index in [1.807, 2.05) is 0 Å². The molecule has 0 aliphatic carbocycles. The topological polar surface area (TPSA) is 18.5 Å². The molecule has 0 bridgehead atoms. The highest BCUT2D eigenvalue weighted by Crippen LogP contribution is 2.22. The Hall–Kier alpha value is -0.120. The summed E-state index contributed by atoms with van der Waals surface area (Å²) in [4.78, 5) is 5.46. The molecular formula is C17H35N3. The van der Waals surface area contributed by atoms with Crippen LogP contribution in [0, 0.1) is 5.92 Å². The summed E-state index contributed by atoms with van der Waals surface area (Å²) in [6, 6.07) is 1.63. The van der Waals surface area contributed by atoms with Crippen LogP contribution in [0.5, 0.6) is 0 Å². The Morgan fingerprint density at radius 2 is 1.85 bits per heavy atom. The number of rotatable bonds is 8. The second-order valence-electron chi connectivity index (χ2n) is 7.27. The van der Waals surface area contributed by atoms with Gasteiger partial charge in [-0.3, -0.25) is 9.80 Å². The van der Waals surface area contributed by atoms with Crippen LogP contribution in [0.25, 0.3) is 0 Å². The Balaban J connectivity index is 1.57. The lowest BCUT2D eigenvalue weighted by Crippen LogP contribution is -2.38. The molecule has 2 heterocycles. The molecule has 3 heteroatoms. The van der Waals surface area contributed by atoms with Gasteiger partial charge in [0.25, 0.3) is 0 Å². The second kappa shape index (κ2) is 8.35. The molecule has 2 rings (SSSR count). The quantitative estimate of drug-likeness (QED) is 0.690. The van der Waals surface area contributed by atoms with E-state index >= 15 is 0 Å². The average molecular weight is 281 g/mol. The first-order chi connectivity index (χ1) is 9.66. The van der Waals surface area contributed by atoms with Gasteiger partial charge in [0.15, 0.2) is 0 Å². The summed E-state index contributed by atoms with van der Waals surface area (Å²) in [5.41, 5.74) is 0. The molecule has 2 aliphatic rings. The van der Waals surface area contributed by atoms with E-state index < -0.39 is 0 Å². The van der Waals surface area contributed by atoms with Gasteiger partial charge in [-0.25, -0.2) is 0 Å². The maximum absolute atomic E-state index is 3.56. The molecule has 0 spiro atoms. The van der Waals surface area contributed by atoms with Gasteiger partial charge < -0.3 is 5.32 Å². The smallest absolute Gasteiger partial charge is 0.0235 e. The van der Waals surface area contributed by atoms with E-state index in [4.69, 9.17) is 0 Å². The lowest BCUT2D eigenvalue weighted by atomic mass is 10.1. The second-order valence-corrected chi connectivity index (χ2v) is 7.27. The predicted octanol–water partition coefficient (Wildman–Crippen LogP) is 2.57. The SMILES string of the molecule is CC(C)CNCCCC(C)N1CCC(N2CCCC2)C1. The van der Waals surface area contributed by atoms with Gasteiger partial charge in [0, 0.05) is 25.2 Å². The molecule has 0 amide bonds. The zero-order chi connectivity index (χ0) is 14.4. The highest BCUT2D eigenvalue weighted by Gasteiger charge is 2.30. The van der Waals surface area contributed by atoms with Crippen molar-refractivity contribution in [2.24, 2.45) is 5.92 Å². The highest BCUT2D eigenvalue weighted by atomic mass is 15.3. The Kier molecular flexibility index (Phi) is 6.79. The average Bonchev–Trinajstić information content (AvgIpc) is 3.08. The molecule has 0 saturated carbocycles. The minimum atomic E-state index is 0.767. The molecular weight excluding hydrogens is 246 g/mol. The third kappa shape index (κ3) is 5.01. The highest BCUT2D eigenvalue weighted by molar-refractivity contribution is 4.87. The van der Waals surface area contributed by atoms with Crippen molar-refractivity contribution in [1.29, 1.82) is 0 Å². The monoisotopic (exact) mass is 281 g/mol. The molecule has 0 aromatic rings. The molecule has 2 unspecified atom stereocenters. The lowest BCUT2D eigenvalue weighted by molar-refractivity contribution is 0.200. The van der Waals surface area contributed by atoms with Crippen molar-refractivity contribution in [1.82, 2.24) is 15.1 Å². The maximum atomic E-state index is 3.56. The Morgan fingerprint density at radius 1 is 1.10 bits per heavy atom. The fraction of sp³-hybridized carbons (Fsp3) is 1.00. The third-order valence-corrected chi connectivity index (χ3v) is 5.00. The molecule has 0 aromatic heterocycles. The van der Waals surface area contributed by atoms with Gasteiger partial charge >= 0.3 is 0 Å². The minimum absolute atomic E-state index is 0.767. The van der Waals surface area contributed by atoms with E-state index in [0.717, 1.165) is 24.5 Å². The van der Waals surface area contributed by atoms with E-state index in [1.165, 1.54) is 64.8 Å². The summed E-state index contributed by atoms with van der Waals surface area (Å²) in [5, 5.41) is 3.56. The van der Waals surface area contributed by atoms with E-state index in [-0.39, 0.29) is 0 Å². The van der Waals surface area contributed by atoms with Crippen LogP contribution in [0.4, 0.5) is 0 Å². The van der Waals surface area contributed by atoms with E-state index in [9.17, 15) is 0 Å². The minimum Gasteiger partial charge on any atom is -0.316 e. The van der Waals surface area contributed by atoms with E-state index in [0.29, 0.717) is 0 Å². The van der Waals surface area contributed by atoms with Gasteiger partial charge in [-0.15, -0.1) is 0 Å². The van der Waals surface area contributed by atoms with Crippen molar-refractivity contribution in [3.63, 3.8) is 0 Å². The van der Waals surface area contributed by atoms with Gasteiger partial charge in [-0.05, 0) is 71.1 Å². The summed E-state index contributed by atoms with van der Waals surface area (Å²) in [6.07, 6.45) is 6.91. The molecule has 2 aliphatic heterocycles. The van der Waals surface area contributed by atoms with Gasteiger partial charge in [0.2, 0.25) is 0 Å². The van der Waals surface area contributed by atoms with Crippen LogP contribution in [0.15, 0.2) is 0 Å². The predicted molar refractivity (Wildman–Crippen MR) is 87.2 cm³/mol. The van der Waals surface area contributed by atoms with Gasteiger partial charge in [-0.2, -0.15) is 0 Å². The van der Waals surface area contributed by atoms with Gasteiger partial charge in [-0.1, -0.05) is 13.8 Å². The van der Waals surface area contributed by atoms with Crippen LogP contribution in [0.2, 0.25) is 0 Å². The molecule has 2 atom stereocenters. The molecule has 2 saturated heterocycles. The summed E-state index contributed by atoms with van der Waals surface area (Å²) in [7, 11) is 0. The molecule has 2 fully saturated rings. The summed E-state index contributed by atoms with van der Waals surface area (Å²) >= 11 is 0. The van der Waals surface area contributed by atoms with Crippen molar-refractivity contribution in [2.75, 3.05) is 39.3 Å². The van der Waals surface area contributed by atoms with Crippen LogP contribution in [-0.4, -0.2) is 61.2 Å². The third-order valence-electron chi connectivity index (χ3n) is 5.00. The maximum Gasteiger partial charge on any atom is 0.0235 e. The summed E-state index contributed by atoms with van der Waals surface area (Å²) in [6.45, 7) is 14.7. The zero-order valence-corrected chi connectivity index (χ0v) is 13.9. The van der Waals surface area contributed by atoms with Gasteiger partial charge in [0.1, 0.15) is 0 Å². The van der Waals surface area contributed by atoms with Crippen molar-refractivity contribution in [3.05, 3.63) is 0 Å². The number of hydrogen-bond donors (Lipinski definition) is 1. The first kappa shape index (κ1) is 16.3. The number of nitrogens with zero attached hydrogens (tertiary/aromatic N) is 2. The van der Waals surface area contributed by atoms with Crippen LogP contribution in [0.1, 0.15) is 52.9 Å². The van der Waals surface area contributed by atoms with Crippen LogP contribution < -0.4 is 5.32 Å². The standard InChI is InChI=1S/C17H35N3/c1-15(2)13-18-9-6-7-16(3)20-12-8-17(14-20)19-10-4-5-11-19/h15-18H,4-14H2,1-3H3.